The van der Waals surface area contributed by atoms with E-state index in [9.17, 15) is 0 Å². The van der Waals surface area contributed by atoms with Gasteiger partial charge in [0.15, 0.2) is 0 Å². The van der Waals surface area contributed by atoms with Gasteiger partial charge in [0.25, 0.3) is 0 Å². The Morgan fingerprint density at radius 1 is 1.33 bits per heavy atom. The first kappa shape index (κ1) is 4.74. The molecule has 0 aromatic heterocycles. The highest BCUT2D eigenvalue weighted by Gasteiger charge is 1.78. The Morgan fingerprint density at radius 2 is 1.67 bits per heavy atom. The quantitative estimate of drug-likeness (QED) is 0.178. The molecule has 0 aliphatic carbocycles. The van der Waals surface area contributed by atoms with Gasteiger partial charge in [-0.1, -0.05) is 0 Å². The van der Waals surface area contributed by atoms with Crippen LogP contribution in [-0.4, -0.2) is 5.01 Å². The zero-order valence-electron chi connectivity index (χ0n) is 2.92. The van der Waals surface area contributed by atoms with Gasteiger partial charge in [0.2, 0.25) is 12.4 Å². The first-order valence-electron chi connectivity index (χ1n) is 1.15. The third-order valence-electron chi connectivity index (χ3n) is 0.215. The number of nitrogens with zero attached hydrogens (tertiary/aromatic N) is 3. The van der Waals surface area contributed by atoms with E-state index in [1.165, 1.54) is 12.4 Å². The SMILES string of the molecule is N#CN(N)C#N. The Morgan fingerprint density at radius 3 is 1.67 bits per heavy atom. The van der Waals surface area contributed by atoms with Crippen molar-refractivity contribution in [3.8, 4) is 12.4 Å². The number of hydrogen-bond donors (Lipinski definition) is 1. The molecule has 0 radical (unpaired) electrons. The molecule has 0 heterocycles. The highest BCUT2D eigenvalue weighted by Crippen LogP contribution is 1.56. The summed E-state index contributed by atoms with van der Waals surface area (Å²) in [6.45, 7) is 0. The summed E-state index contributed by atoms with van der Waals surface area (Å²) in [6, 6.07) is 0. The number of nitriles is 2. The fourth-order valence-electron chi connectivity index (χ4n) is 0.0224. The van der Waals surface area contributed by atoms with Crippen molar-refractivity contribution in [1.82, 2.24) is 5.01 Å². The first-order valence-corrected chi connectivity index (χ1v) is 1.15. The zero-order chi connectivity index (χ0) is 4.99. The minimum atomic E-state index is 0.361. The normalized spacial score (nSPS) is 5.17. The van der Waals surface area contributed by atoms with E-state index in [2.05, 4.69) is 5.84 Å². The Kier molecular flexibility index (Phi) is 1.59. The molecule has 0 saturated carbocycles. The highest BCUT2D eigenvalue weighted by atomic mass is 15.4. The third-order valence-corrected chi connectivity index (χ3v) is 0.215. The van der Waals surface area contributed by atoms with Crippen LogP contribution in [0.1, 0.15) is 0 Å². The minimum absolute atomic E-state index is 0.361. The molecule has 4 heteroatoms. The second-order valence-corrected chi connectivity index (χ2v) is 0.570. The molecular formula is C2H2N4. The van der Waals surface area contributed by atoms with Gasteiger partial charge >= 0.3 is 0 Å². The van der Waals surface area contributed by atoms with E-state index in [-0.39, 0.29) is 0 Å². The molecular weight excluding hydrogens is 80.0 g/mol. The summed E-state index contributed by atoms with van der Waals surface area (Å²) in [5.41, 5.74) is 0. The van der Waals surface area contributed by atoms with E-state index in [1.807, 2.05) is 0 Å². The van der Waals surface area contributed by atoms with Crippen LogP contribution in [0, 0.1) is 22.9 Å². The van der Waals surface area contributed by atoms with Crippen molar-refractivity contribution in [3.05, 3.63) is 0 Å². The molecule has 6 heavy (non-hydrogen) atoms. The summed E-state index contributed by atoms with van der Waals surface area (Å²) in [5, 5.41) is 15.7. The Balaban J connectivity index is 3.40. The van der Waals surface area contributed by atoms with Crippen molar-refractivity contribution < 1.29 is 0 Å². The molecule has 0 saturated heterocycles. The van der Waals surface area contributed by atoms with Gasteiger partial charge in [-0.2, -0.15) is 10.5 Å². The molecule has 0 rings (SSSR count). The summed E-state index contributed by atoms with van der Waals surface area (Å²) in [6.07, 6.45) is 2.73. The maximum Gasteiger partial charge on any atom is 0.210 e. The molecule has 0 bridgehead atoms. The van der Waals surface area contributed by atoms with Crippen molar-refractivity contribution in [2.45, 2.75) is 0 Å². The van der Waals surface area contributed by atoms with Crippen LogP contribution >= 0.6 is 0 Å². The van der Waals surface area contributed by atoms with Crippen LogP contribution in [0.4, 0.5) is 0 Å². The summed E-state index contributed by atoms with van der Waals surface area (Å²) in [4.78, 5) is 0. The van der Waals surface area contributed by atoms with E-state index >= 15 is 0 Å². The van der Waals surface area contributed by atoms with Crippen LogP contribution in [0.2, 0.25) is 0 Å². The minimum Gasteiger partial charge on any atom is -0.224 e. The molecule has 0 aromatic rings. The average Bonchev–Trinajstić information content (AvgIpc) is 1.65. The molecule has 0 aromatic carbocycles. The van der Waals surface area contributed by atoms with E-state index in [0.717, 1.165) is 0 Å². The summed E-state index contributed by atoms with van der Waals surface area (Å²) in [5.74, 6) is 4.58. The second kappa shape index (κ2) is 2.01. The molecule has 0 unspecified atom stereocenters. The molecule has 4 nitrogen and oxygen atoms in total. The molecule has 30 valence electrons. The summed E-state index contributed by atoms with van der Waals surface area (Å²) < 4.78 is 0. The van der Waals surface area contributed by atoms with Crippen LogP contribution < -0.4 is 5.84 Å². The topological polar surface area (TPSA) is 76.8 Å². The molecule has 0 atom stereocenters. The molecule has 0 amide bonds. The van der Waals surface area contributed by atoms with Crippen molar-refractivity contribution >= 4 is 0 Å². The van der Waals surface area contributed by atoms with Crippen molar-refractivity contribution in [2.75, 3.05) is 0 Å². The Hall–Kier alpha value is -1.26. The molecule has 0 fully saturated rings. The number of hydrazine groups is 1. The smallest absolute Gasteiger partial charge is 0.210 e. The second-order valence-electron chi connectivity index (χ2n) is 0.570. The average molecular weight is 82.1 g/mol. The lowest BCUT2D eigenvalue weighted by atomic mass is 11.1. The van der Waals surface area contributed by atoms with Gasteiger partial charge in [0.05, 0.1) is 0 Å². The highest BCUT2D eigenvalue weighted by molar-refractivity contribution is 4.78. The monoisotopic (exact) mass is 82.0 g/mol. The van der Waals surface area contributed by atoms with Crippen molar-refractivity contribution in [1.29, 1.82) is 10.5 Å². The Bertz CT molecular complexity index is 89.7. The largest absolute Gasteiger partial charge is 0.224 e. The van der Waals surface area contributed by atoms with Gasteiger partial charge in [-0.15, -0.1) is 5.01 Å². The van der Waals surface area contributed by atoms with Gasteiger partial charge < -0.3 is 0 Å². The number of rotatable bonds is 0. The molecule has 2 N–H and O–H groups in total. The van der Waals surface area contributed by atoms with E-state index in [4.69, 9.17) is 10.5 Å². The lowest BCUT2D eigenvalue weighted by Gasteiger charge is -1.84. The summed E-state index contributed by atoms with van der Waals surface area (Å²) >= 11 is 0. The van der Waals surface area contributed by atoms with Crippen LogP contribution in [0.3, 0.4) is 0 Å². The van der Waals surface area contributed by atoms with Gasteiger partial charge in [-0.25, -0.2) is 5.84 Å². The predicted octanol–water partition coefficient (Wildman–Crippen LogP) is -0.876. The maximum absolute atomic E-state index is 7.66. The zero-order valence-corrected chi connectivity index (χ0v) is 2.92. The van der Waals surface area contributed by atoms with Gasteiger partial charge in [-0.05, 0) is 0 Å². The van der Waals surface area contributed by atoms with Gasteiger partial charge in [-0.3, -0.25) is 0 Å². The third kappa shape index (κ3) is 1.10. The van der Waals surface area contributed by atoms with E-state index < -0.39 is 0 Å². The number of nitrogens with two attached hydrogens (primary N) is 1. The van der Waals surface area contributed by atoms with Crippen LogP contribution in [0.15, 0.2) is 0 Å². The molecule has 0 aliphatic rings. The Labute approximate surface area is 35.0 Å². The number of hydrogen-bond acceptors (Lipinski definition) is 4. The van der Waals surface area contributed by atoms with E-state index in [0.29, 0.717) is 5.01 Å². The van der Waals surface area contributed by atoms with Crippen molar-refractivity contribution in [2.24, 2.45) is 5.84 Å². The maximum atomic E-state index is 7.66. The first-order chi connectivity index (χ1) is 2.81. The van der Waals surface area contributed by atoms with Crippen LogP contribution in [0.5, 0.6) is 0 Å². The molecule has 0 spiro atoms. The standard InChI is InChI=1S/C2H2N4/c3-1-6(5)2-4/h5H2. The van der Waals surface area contributed by atoms with Crippen LogP contribution in [-0.2, 0) is 0 Å². The van der Waals surface area contributed by atoms with Crippen molar-refractivity contribution in [3.63, 3.8) is 0 Å². The fraction of sp³-hybridized carbons (Fsp3) is 0. The summed E-state index contributed by atoms with van der Waals surface area (Å²) in [7, 11) is 0. The lowest BCUT2D eigenvalue weighted by Crippen LogP contribution is -2.17. The predicted molar refractivity (Wildman–Crippen MR) is 17.3 cm³/mol. The fourth-order valence-corrected chi connectivity index (χ4v) is 0.0224. The lowest BCUT2D eigenvalue weighted by molar-refractivity contribution is 0.582. The van der Waals surface area contributed by atoms with Gasteiger partial charge in [0.1, 0.15) is 0 Å². The molecule has 0 aliphatic heterocycles. The van der Waals surface area contributed by atoms with Gasteiger partial charge in [0, 0.05) is 0 Å². The van der Waals surface area contributed by atoms with Crippen LogP contribution in [0.25, 0.3) is 0 Å². The van der Waals surface area contributed by atoms with E-state index in [1.54, 1.807) is 0 Å².